The molecule has 2 aromatic rings. The molecule has 2 aliphatic heterocycles. The number of amides is 2. The van der Waals surface area contributed by atoms with E-state index in [1.165, 1.54) is 11.8 Å². The first-order valence-corrected chi connectivity index (χ1v) is 15.2. The Morgan fingerprint density at radius 1 is 1.22 bits per heavy atom. The number of hydrogen-bond donors (Lipinski definition) is 0. The highest BCUT2D eigenvalue weighted by Gasteiger charge is 2.59. The van der Waals surface area contributed by atoms with Gasteiger partial charge in [0.05, 0.1) is 25.8 Å². The van der Waals surface area contributed by atoms with Gasteiger partial charge in [-0.05, 0) is 111 Å². The van der Waals surface area contributed by atoms with Gasteiger partial charge < -0.3 is 14.4 Å². The Balaban J connectivity index is 1.89. The van der Waals surface area contributed by atoms with Gasteiger partial charge in [0.25, 0.3) is 0 Å². The summed E-state index contributed by atoms with van der Waals surface area (Å²) in [6.45, 7) is 13.2. The van der Waals surface area contributed by atoms with E-state index >= 15 is 4.39 Å². The monoisotopic (exact) mass is 707 g/mol. The molecule has 37 heavy (non-hydrogen) atoms. The molecular formula is C26H32BrFIN3O4S. The minimum atomic E-state index is -0.746. The van der Waals surface area contributed by atoms with Crippen LogP contribution in [0.4, 0.5) is 19.7 Å². The highest BCUT2D eigenvalue weighted by atomic mass is 127. The smallest absolute Gasteiger partial charge is 0.415 e. The average Bonchev–Trinajstić information content (AvgIpc) is 3.34. The first-order valence-electron chi connectivity index (χ1n) is 12.1. The van der Waals surface area contributed by atoms with Crippen molar-refractivity contribution in [1.29, 1.82) is 0 Å². The lowest BCUT2D eigenvalue weighted by atomic mass is 9.78. The summed E-state index contributed by atoms with van der Waals surface area (Å²) in [6, 6.07) is 1.29. The van der Waals surface area contributed by atoms with Gasteiger partial charge in [0, 0.05) is 17.8 Å². The summed E-state index contributed by atoms with van der Waals surface area (Å²) in [7, 11) is 0. The summed E-state index contributed by atoms with van der Waals surface area (Å²) < 4.78 is 28.1. The molecule has 202 valence electrons. The lowest BCUT2D eigenvalue weighted by molar-refractivity contribution is 0.0216. The number of halogens is 3. The number of fused-ring (bicyclic) bond motifs is 2. The molecule has 7 nitrogen and oxygen atoms in total. The van der Waals surface area contributed by atoms with Crippen molar-refractivity contribution in [3.05, 3.63) is 25.5 Å². The van der Waals surface area contributed by atoms with Gasteiger partial charge in [-0.25, -0.2) is 19.0 Å². The maximum absolute atomic E-state index is 15.5. The van der Waals surface area contributed by atoms with E-state index in [1.807, 2.05) is 53.9 Å². The fourth-order valence-corrected chi connectivity index (χ4v) is 7.04. The minimum Gasteiger partial charge on any atom is -0.444 e. The summed E-state index contributed by atoms with van der Waals surface area (Å²) in [4.78, 5) is 34.9. The topological polar surface area (TPSA) is 72.0 Å². The Labute approximate surface area is 243 Å². The lowest BCUT2D eigenvalue weighted by Gasteiger charge is -2.44. The summed E-state index contributed by atoms with van der Waals surface area (Å²) in [5, 5.41) is 1.14. The number of aromatic nitrogens is 1. The van der Waals surface area contributed by atoms with Crippen LogP contribution in [0.15, 0.2) is 15.6 Å². The summed E-state index contributed by atoms with van der Waals surface area (Å²) >= 11 is 6.91. The van der Waals surface area contributed by atoms with Crippen LogP contribution >= 0.6 is 50.3 Å². The Kier molecular flexibility index (Phi) is 7.75. The molecule has 1 saturated carbocycles. The molecule has 2 bridgehead atoms. The van der Waals surface area contributed by atoms with E-state index in [4.69, 9.17) is 9.47 Å². The third kappa shape index (κ3) is 5.41. The Morgan fingerprint density at radius 2 is 1.84 bits per heavy atom. The molecule has 2 saturated heterocycles. The molecule has 0 radical (unpaired) electrons. The van der Waals surface area contributed by atoms with Gasteiger partial charge in [0.2, 0.25) is 0 Å². The van der Waals surface area contributed by atoms with Crippen LogP contribution in [0.25, 0.3) is 10.9 Å². The molecule has 0 N–H and O–H groups in total. The number of pyridine rings is 1. The third-order valence-electron chi connectivity index (χ3n) is 6.43. The minimum absolute atomic E-state index is 0.0446. The number of benzene rings is 1. The number of aryl methyl sites for hydroxylation is 1. The van der Waals surface area contributed by atoms with Gasteiger partial charge in [0.1, 0.15) is 21.7 Å². The molecule has 3 atom stereocenters. The van der Waals surface area contributed by atoms with Gasteiger partial charge >= 0.3 is 12.2 Å². The number of thioether (sulfide) groups is 1. The summed E-state index contributed by atoms with van der Waals surface area (Å²) in [5.41, 5.74) is 0.0587. The number of carbonyl (C=O) groups is 2. The van der Waals surface area contributed by atoms with Gasteiger partial charge in [-0.2, -0.15) is 0 Å². The van der Waals surface area contributed by atoms with Crippen molar-refractivity contribution < 1.29 is 23.5 Å². The highest BCUT2D eigenvalue weighted by molar-refractivity contribution is 14.1. The predicted octanol–water partition coefficient (Wildman–Crippen LogP) is 7.52. The number of anilines is 1. The molecule has 11 heteroatoms. The maximum Gasteiger partial charge on any atom is 0.415 e. The van der Waals surface area contributed by atoms with E-state index in [0.29, 0.717) is 32.7 Å². The van der Waals surface area contributed by atoms with E-state index in [2.05, 4.69) is 43.5 Å². The quantitative estimate of drug-likeness (QED) is 0.243. The third-order valence-corrected chi connectivity index (χ3v) is 9.47. The first kappa shape index (κ1) is 28.7. The molecule has 3 fully saturated rings. The van der Waals surface area contributed by atoms with Crippen molar-refractivity contribution in [3.8, 4) is 0 Å². The zero-order chi connectivity index (χ0) is 27.6. The van der Waals surface area contributed by atoms with Crippen LogP contribution in [0, 0.1) is 22.2 Å². The van der Waals surface area contributed by atoms with Crippen molar-refractivity contribution in [2.45, 2.75) is 83.2 Å². The summed E-state index contributed by atoms with van der Waals surface area (Å²) in [5.74, 6) is -0.428. The molecule has 1 aromatic carbocycles. The fourth-order valence-electron chi connectivity index (χ4n) is 4.95. The lowest BCUT2D eigenvalue weighted by Crippen LogP contribution is -2.59. The molecule has 0 unspecified atom stereocenters. The molecule has 1 aromatic heterocycles. The first-order chi connectivity index (χ1) is 17.0. The predicted molar refractivity (Wildman–Crippen MR) is 156 cm³/mol. The average molecular weight is 708 g/mol. The molecule has 5 rings (SSSR count). The normalized spacial score (nSPS) is 21.2. The maximum atomic E-state index is 15.5. The van der Waals surface area contributed by atoms with E-state index < -0.39 is 29.2 Å². The van der Waals surface area contributed by atoms with Crippen LogP contribution in [0.5, 0.6) is 0 Å². The van der Waals surface area contributed by atoms with Gasteiger partial charge in [0.15, 0.2) is 5.82 Å². The standard InChI is InChI=1S/C26H32BrFIN3O4S/c1-12-9-14-19(17(28)16(12)27)30-22(37-8)18(29)21(14)32(24(34)36-26(5,6)7)20-13-10-15(20)31(11-13)23(33)35-25(2,3)4/h9,13,15,20H,10-11H2,1-8H3/t13-,15-,20+/m1/s1. The molecule has 3 aliphatic rings. The second-order valence-corrected chi connectivity index (χ2v) is 14.2. The Hall–Kier alpha value is -1.34. The van der Waals surface area contributed by atoms with Crippen molar-refractivity contribution in [2.24, 2.45) is 5.92 Å². The van der Waals surface area contributed by atoms with Gasteiger partial charge in [-0.3, -0.25) is 4.90 Å². The number of hydrogen-bond acceptors (Lipinski definition) is 6. The van der Waals surface area contributed by atoms with Crippen LogP contribution in [0.2, 0.25) is 0 Å². The van der Waals surface area contributed by atoms with Crippen molar-refractivity contribution in [2.75, 3.05) is 17.7 Å². The van der Waals surface area contributed by atoms with Crippen LogP contribution < -0.4 is 4.90 Å². The van der Waals surface area contributed by atoms with Crippen molar-refractivity contribution >= 4 is 79.1 Å². The molecular weight excluding hydrogens is 676 g/mol. The zero-order valence-electron chi connectivity index (χ0n) is 22.2. The second-order valence-electron chi connectivity index (χ2n) is 11.5. The molecule has 3 heterocycles. The van der Waals surface area contributed by atoms with Crippen LogP contribution in [0.3, 0.4) is 0 Å². The Morgan fingerprint density at radius 3 is 2.41 bits per heavy atom. The summed E-state index contributed by atoms with van der Waals surface area (Å²) in [6.07, 6.45) is 1.71. The van der Waals surface area contributed by atoms with Crippen LogP contribution in [-0.4, -0.2) is 58.2 Å². The zero-order valence-corrected chi connectivity index (χ0v) is 26.8. The molecule has 1 aliphatic carbocycles. The van der Waals surface area contributed by atoms with Crippen molar-refractivity contribution in [1.82, 2.24) is 9.88 Å². The highest BCUT2D eigenvalue weighted by Crippen LogP contribution is 2.49. The second kappa shape index (κ2) is 10.0. The Bertz CT molecular complexity index is 1280. The van der Waals surface area contributed by atoms with E-state index in [-0.39, 0.29) is 23.5 Å². The van der Waals surface area contributed by atoms with Gasteiger partial charge in [-0.1, -0.05) is 0 Å². The number of nitrogens with zero attached hydrogens (tertiary/aromatic N) is 3. The van der Waals surface area contributed by atoms with Gasteiger partial charge in [-0.15, -0.1) is 11.8 Å². The number of ether oxygens (including phenoxy) is 2. The van der Waals surface area contributed by atoms with Crippen LogP contribution in [-0.2, 0) is 9.47 Å². The number of carbonyl (C=O) groups excluding carboxylic acids is 2. The van der Waals surface area contributed by atoms with Crippen molar-refractivity contribution in [3.63, 3.8) is 0 Å². The molecule has 0 spiro atoms. The molecule has 2 amide bonds. The largest absolute Gasteiger partial charge is 0.444 e. The van der Waals surface area contributed by atoms with E-state index in [0.717, 1.165) is 9.99 Å². The van der Waals surface area contributed by atoms with E-state index in [1.54, 1.807) is 16.7 Å². The number of rotatable bonds is 3. The van der Waals surface area contributed by atoms with Crippen LogP contribution in [0.1, 0.15) is 53.5 Å². The SMILES string of the molecule is CSc1nc2c(F)c(Br)c(C)cc2c(N(C(=O)OC(C)(C)C)[C@H]2[C@@H]3C[C@H]2N(C(=O)OC(C)(C)C)C3)c1I. The fraction of sp³-hybridized carbons (Fsp3) is 0.577. The van der Waals surface area contributed by atoms with E-state index in [9.17, 15) is 9.59 Å².